The number of nitrogens with zero attached hydrogens (tertiary/aromatic N) is 3. The molecule has 1 aromatic heterocycles. The number of non-ortho nitro benzene ring substituents is 1. The maximum Gasteiger partial charge on any atom is 0.340 e. The molecule has 0 bridgehead atoms. The number of nitro groups is 1. The quantitative estimate of drug-likeness (QED) is 0.334. The number of aryl methyl sites for hydroxylation is 1. The zero-order valence-electron chi connectivity index (χ0n) is 19.3. The highest BCUT2D eigenvalue weighted by atomic mass is 16.6. The molecule has 0 spiro atoms. The van der Waals surface area contributed by atoms with Crippen LogP contribution in [0.15, 0.2) is 42.5 Å². The first-order valence-electron chi connectivity index (χ1n) is 11.1. The molecule has 0 aliphatic carbocycles. The Bertz CT molecular complexity index is 1290. The lowest BCUT2D eigenvalue weighted by molar-refractivity contribution is -0.384. The standard InChI is InChI=1S/C25H26N4O5/c1-4-22(24(30)27-21-13-16(29(32)33)10-9-15(21)2)34-25(31)23-17-7-5-6-8-19(17)26-20-11-12-28(3)14-18(20)23/h5-10,13,22H,4,11-12,14H2,1-3H3,(H,27,30). The van der Waals surface area contributed by atoms with E-state index >= 15 is 0 Å². The van der Waals surface area contributed by atoms with E-state index in [1.165, 1.54) is 12.1 Å². The maximum atomic E-state index is 13.4. The number of nitrogens with one attached hydrogen (secondary N) is 1. The van der Waals surface area contributed by atoms with Crippen molar-refractivity contribution in [3.63, 3.8) is 0 Å². The van der Waals surface area contributed by atoms with Crippen LogP contribution in [0, 0.1) is 17.0 Å². The van der Waals surface area contributed by atoms with Gasteiger partial charge >= 0.3 is 5.97 Å². The van der Waals surface area contributed by atoms with Crippen molar-refractivity contribution in [2.45, 2.75) is 39.3 Å². The number of pyridine rings is 1. The number of benzene rings is 2. The number of hydrogen-bond acceptors (Lipinski definition) is 7. The van der Waals surface area contributed by atoms with E-state index in [4.69, 9.17) is 9.72 Å². The molecular weight excluding hydrogens is 436 g/mol. The zero-order chi connectivity index (χ0) is 24.4. The molecule has 4 rings (SSSR count). The number of ether oxygens (including phenoxy) is 1. The van der Waals surface area contributed by atoms with E-state index in [1.807, 2.05) is 31.3 Å². The highest BCUT2D eigenvalue weighted by molar-refractivity contribution is 6.06. The van der Waals surface area contributed by atoms with Crippen LogP contribution >= 0.6 is 0 Å². The Morgan fingerprint density at radius 3 is 2.76 bits per heavy atom. The number of para-hydroxylation sites is 1. The van der Waals surface area contributed by atoms with E-state index in [1.54, 1.807) is 19.9 Å². The summed E-state index contributed by atoms with van der Waals surface area (Å²) in [6.07, 6.45) is -0.0905. The van der Waals surface area contributed by atoms with Crippen molar-refractivity contribution in [2.75, 3.05) is 18.9 Å². The minimum atomic E-state index is -1.06. The number of esters is 1. The third kappa shape index (κ3) is 4.60. The number of fused-ring (bicyclic) bond motifs is 2. The first kappa shape index (κ1) is 23.3. The fourth-order valence-electron chi connectivity index (χ4n) is 4.14. The van der Waals surface area contributed by atoms with Crippen LogP contribution in [-0.4, -0.2) is 46.4 Å². The molecule has 0 radical (unpaired) electrons. The summed E-state index contributed by atoms with van der Waals surface area (Å²) in [5, 5.41) is 14.5. The van der Waals surface area contributed by atoms with Gasteiger partial charge in [-0.2, -0.15) is 0 Å². The predicted octanol–water partition coefficient (Wildman–Crippen LogP) is 4.01. The van der Waals surface area contributed by atoms with Gasteiger partial charge in [0.25, 0.3) is 11.6 Å². The summed E-state index contributed by atoms with van der Waals surface area (Å²) < 4.78 is 5.72. The molecule has 0 saturated carbocycles. The van der Waals surface area contributed by atoms with E-state index in [0.717, 1.165) is 24.2 Å². The number of anilines is 1. The SMILES string of the molecule is CCC(OC(=O)c1c2c(nc3ccccc13)CCN(C)C2)C(=O)Nc1cc([N+](=O)[O-])ccc1C. The van der Waals surface area contributed by atoms with Crippen molar-refractivity contribution in [3.8, 4) is 0 Å². The summed E-state index contributed by atoms with van der Waals surface area (Å²) in [7, 11) is 1.98. The first-order chi connectivity index (χ1) is 16.3. The number of amides is 1. The molecule has 1 aliphatic rings. The fraction of sp³-hybridized carbons (Fsp3) is 0.320. The minimum absolute atomic E-state index is 0.134. The van der Waals surface area contributed by atoms with Crippen LogP contribution in [0.2, 0.25) is 0 Å². The third-order valence-electron chi connectivity index (χ3n) is 6.04. The van der Waals surface area contributed by atoms with Crippen molar-refractivity contribution in [2.24, 2.45) is 0 Å². The van der Waals surface area contributed by atoms with Gasteiger partial charge in [0.15, 0.2) is 6.10 Å². The summed E-state index contributed by atoms with van der Waals surface area (Å²) >= 11 is 0. The lowest BCUT2D eigenvalue weighted by Crippen LogP contribution is -2.34. The Kier molecular flexibility index (Phi) is 6.56. The highest BCUT2D eigenvalue weighted by Crippen LogP contribution is 2.29. The molecule has 1 N–H and O–H groups in total. The van der Waals surface area contributed by atoms with Gasteiger partial charge < -0.3 is 15.0 Å². The molecule has 1 atom stereocenters. The number of carbonyl (C=O) groups excluding carboxylic acids is 2. The van der Waals surface area contributed by atoms with Gasteiger partial charge in [0.2, 0.25) is 0 Å². The van der Waals surface area contributed by atoms with Crippen molar-refractivity contribution in [1.82, 2.24) is 9.88 Å². The molecule has 1 aliphatic heterocycles. The molecule has 34 heavy (non-hydrogen) atoms. The van der Waals surface area contributed by atoms with E-state index < -0.39 is 22.9 Å². The Morgan fingerprint density at radius 2 is 2.03 bits per heavy atom. The van der Waals surface area contributed by atoms with Gasteiger partial charge in [-0.25, -0.2) is 4.79 Å². The summed E-state index contributed by atoms with van der Waals surface area (Å²) in [5.41, 5.74) is 3.67. The molecule has 3 aromatic rings. The normalized spacial score (nSPS) is 14.3. The van der Waals surface area contributed by atoms with Crippen LogP contribution in [0.1, 0.15) is 40.5 Å². The smallest absolute Gasteiger partial charge is 0.340 e. The Hall–Kier alpha value is -3.85. The minimum Gasteiger partial charge on any atom is -0.449 e. The zero-order valence-corrected chi connectivity index (χ0v) is 19.3. The van der Waals surface area contributed by atoms with E-state index in [2.05, 4.69) is 10.2 Å². The highest BCUT2D eigenvalue weighted by Gasteiger charge is 2.29. The number of aromatic nitrogens is 1. The van der Waals surface area contributed by atoms with Gasteiger partial charge in [0, 0.05) is 48.3 Å². The van der Waals surface area contributed by atoms with Gasteiger partial charge in [0.05, 0.1) is 21.7 Å². The summed E-state index contributed by atoms with van der Waals surface area (Å²) in [5.74, 6) is -1.12. The Morgan fingerprint density at radius 1 is 1.26 bits per heavy atom. The molecule has 9 nitrogen and oxygen atoms in total. The second-order valence-corrected chi connectivity index (χ2v) is 8.46. The Labute approximate surface area is 196 Å². The van der Waals surface area contributed by atoms with Crippen molar-refractivity contribution < 1.29 is 19.2 Å². The third-order valence-corrected chi connectivity index (χ3v) is 6.04. The summed E-state index contributed by atoms with van der Waals surface area (Å²) in [4.78, 5) is 43.8. The van der Waals surface area contributed by atoms with Crippen molar-refractivity contribution in [1.29, 1.82) is 0 Å². The average Bonchev–Trinajstić information content (AvgIpc) is 2.82. The second-order valence-electron chi connectivity index (χ2n) is 8.46. The van der Waals surface area contributed by atoms with Gasteiger partial charge in [-0.05, 0) is 32.0 Å². The molecule has 0 fully saturated rings. The number of likely N-dealkylation sites (N-methyl/N-ethyl adjacent to an activating group) is 1. The monoisotopic (exact) mass is 462 g/mol. The summed E-state index contributed by atoms with van der Waals surface area (Å²) in [6, 6.07) is 11.6. The first-order valence-corrected chi connectivity index (χ1v) is 11.1. The predicted molar refractivity (Wildman–Crippen MR) is 128 cm³/mol. The lowest BCUT2D eigenvalue weighted by Gasteiger charge is -2.27. The molecule has 1 unspecified atom stereocenters. The molecule has 1 amide bonds. The molecule has 9 heteroatoms. The molecule has 2 aromatic carbocycles. The lowest BCUT2D eigenvalue weighted by atomic mass is 9.96. The van der Waals surface area contributed by atoms with Gasteiger partial charge in [0.1, 0.15) is 0 Å². The maximum absolute atomic E-state index is 13.4. The number of nitro benzene ring substituents is 1. The largest absolute Gasteiger partial charge is 0.449 e. The van der Waals surface area contributed by atoms with Gasteiger partial charge in [-0.3, -0.25) is 19.9 Å². The van der Waals surface area contributed by atoms with Crippen LogP contribution in [0.4, 0.5) is 11.4 Å². The Balaban J connectivity index is 1.63. The second kappa shape index (κ2) is 9.56. The van der Waals surface area contributed by atoms with Crippen LogP contribution in [-0.2, 0) is 22.5 Å². The molecule has 0 saturated heterocycles. The van der Waals surface area contributed by atoms with Crippen molar-refractivity contribution in [3.05, 3.63) is 75.0 Å². The van der Waals surface area contributed by atoms with Crippen LogP contribution in [0.3, 0.4) is 0 Å². The average molecular weight is 463 g/mol. The summed E-state index contributed by atoms with van der Waals surface area (Å²) in [6.45, 7) is 4.88. The van der Waals surface area contributed by atoms with E-state index in [-0.39, 0.29) is 12.1 Å². The van der Waals surface area contributed by atoms with E-state index in [0.29, 0.717) is 34.3 Å². The fourth-order valence-corrected chi connectivity index (χ4v) is 4.14. The molecular formula is C25H26N4O5. The van der Waals surface area contributed by atoms with Crippen LogP contribution < -0.4 is 5.32 Å². The number of rotatable bonds is 6. The number of hydrogen-bond donors (Lipinski definition) is 1. The topological polar surface area (TPSA) is 115 Å². The molecule has 2 heterocycles. The molecule has 176 valence electrons. The van der Waals surface area contributed by atoms with Gasteiger partial charge in [-0.15, -0.1) is 0 Å². The van der Waals surface area contributed by atoms with Gasteiger partial charge in [-0.1, -0.05) is 31.2 Å². The van der Waals surface area contributed by atoms with Crippen molar-refractivity contribution >= 4 is 34.2 Å². The number of carbonyl (C=O) groups is 2. The van der Waals surface area contributed by atoms with Crippen LogP contribution in [0.5, 0.6) is 0 Å². The van der Waals surface area contributed by atoms with E-state index in [9.17, 15) is 19.7 Å². The van der Waals surface area contributed by atoms with Crippen LogP contribution in [0.25, 0.3) is 10.9 Å².